The maximum atomic E-state index is 12.2. The summed E-state index contributed by atoms with van der Waals surface area (Å²) in [4.78, 5) is 18.4. The molecule has 0 spiro atoms. The lowest BCUT2D eigenvalue weighted by Crippen LogP contribution is -2.36. The number of hydrogen-bond donors (Lipinski definition) is 2. The highest BCUT2D eigenvalue weighted by molar-refractivity contribution is 7.09. The molecular weight excluding hydrogens is 354 g/mol. The minimum Gasteiger partial charge on any atom is -0.491 e. The lowest BCUT2D eigenvalue weighted by molar-refractivity contribution is 0.122. The highest BCUT2D eigenvalue weighted by Crippen LogP contribution is 2.31. The first-order chi connectivity index (χ1) is 12.6. The zero-order valence-corrected chi connectivity index (χ0v) is 15.7. The van der Waals surface area contributed by atoms with E-state index in [9.17, 15) is 4.79 Å². The van der Waals surface area contributed by atoms with E-state index in [4.69, 9.17) is 9.47 Å². The van der Waals surface area contributed by atoms with Crippen molar-refractivity contribution in [1.82, 2.24) is 9.36 Å². The molecule has 3 rings (SSSR count). The summed E-state index contributed by atoms with van der Waals surface area (Å²) >= 11 is 1.12. The molecule has 0 unspecified atom stereocenters. The third-order valence-corrected chi connectivity index (χ3v) is 4.32. The normalized spacial score (nSPS) is 14.3. The molecule has 9 heteroatoms. The van der Waals surface area contributed by atoms with Crippen molar-refractivity contribution in [2.24, 2.45) is 5.92 Å². The first kappa shape index (κ1) is 18.4. The maximum Gasteiger partial charge on any atom is 0.325 e. The summed E-state index contributed by atoms with van der Waals surface area (Å²) in [6, 6.07) is 5.43. The number of hydrogen-bond acceptors (Lipinski definition) is 7. The van der Waals surface area contributed by atoms with Crippen LogP contribution in [0.5, 0.6) is 5.75 Å². The summed E-state index contributed by atoms with van der Waals surface area (Å²) < 4.78 is 15.2. The quantitative estimate of drug-likeness (QED) is 0.804. The van der Waals surface area contributed by atoms with E-state index in [2.05, 4.69) is 38.7 Å². The molecule has 1 fully saturated rings. The summed E-state index contributed by atoms with van der Waals surface area (Å²) in [5.74, 6) is 1.03. The SMILES string of the molecule is CC(C)COc1cc(N2CCOCC2)ccc1NC(=O)Nc1ncns1. The van der Waals surface area contributed by atoms with E-state index in [1.807, 2.05) is 18.2 Å². The van der Waals surface area contributed by atoms with Gasteiger partial charge in [0.2, 0.25) is 5.13 Å². The van der Waals surface area contributed by atoms with Crippen LogP contribution in [0.1, 0.15) is 13.8 Å². The third-order valence-electron chi connectivity index (χ3n) is 3.74. The van der Waals surface area contributed by atoms with Crippen molar-refractivity contribution < 1.29 is 14.3 Å². The van der Waals surface area contributed by atoms with Gasteiger partial charge in [-0.2, -0.15) is 4.37 Å². The van der Waals surface area contributed by atoms with Gasteiger partial charge < -0.3 is 19.7 Å². The third kappa shape index (κ3) is 5.06. The van der Waals surface area contributed by atoms with Gasteiger partial charge in [0, 0.05) is 36.4 Å². The second-order valence-electron chi connectivity index (χ2n) is 6.31. The van der Waals surface area contributed by atoms with Crippen LogP contribution in [0.2, 0.25) is 0 Å². The van der Waals surface area contributed by atoms with Gasteiger partial charge in [0.05, 0.1) is 25.5 Å². The van der Waals surface area contributed by atoms with Gasteiger partial charge in [-0.25, -0.2) is 9.78 Å². The van der Waals surface area contributed by atoms with Gasteiger partial charge in [0.15, 0.2) is 0 Å². The lowest BCUT2D eigenvalue weighted by Gasteiger charge is -2.29. The minimum atomic E-state index is -0.379. The summed E-state index contributed by atoms with van der Waals surface area (Å²) in [5.41, 5.74) is 1.67. The zero-order chi connectivity index (χ0) is 18.4. The van der Waals surface area contributed by atoms with Crippen molar-refractivity contribution >= 4 is 34.1 Å². The van der Waals surface area contributed by atoms with Crippen LogP contribution in [-0.2, 0) is 4.74 Å². The van der Waals surface area contributed by atoms with Gasteiger partial charge in [-0.1, -0.05) is 13.8 Å². The van der Waals surface area contributed by atoms with Crippen LogP contribution in [0.25, 0.3) is 0 Å². The van der Waals surface area contributed by atoms with Crippen molar-refractivity contribution in [1.29, 1.82) is 0 Å². The number of ether oxygens (including phenoxy) is 2. The zero-order valence-electron chi connectivity index (χ0n) is 14.9. The fraction of sp³-hybridized carbons (Fsp3) is 0.471. The molecule has 1 aromatic heterocycles. The molecule has 2 heterocycles. The Balaban J connectivity index is 1.74. The smallest absolute Gasteiger partial charge is 0.325 e. The second-order valence-corrected chi connectivity index (χ2v) is 7.09. The highest BCUT2D eigenvalue weighted by Gasteiger charge is 2.16. The fourth-order valence-corrected chi connectivity index (χ4v) is 2.91. The standard InChI is InChI=1S/C17H23N5O3S/c1-12(2)10-25-15-9-13(22-5-7-24-8-6-22)3-4-14(15)20-16(23)21-17-18-11-19-26-17/h3-4,9,11-12H,5-8,10H2,1-2H3,(H2,18,19,20,21,23). The van der Waals surface area contributed by atoms with E-state index in [1.54, 1.807) is 0 Å². The maximum absolute atomic E-state index is 12.2. The molecule has 2 amide bonds. The Bertz CT molecular complexity index is 717. The van der Waals surface area contributed by atoms with E-state index in [1.165, 1.54) is 6.33 Å². The van der Waals surface area contributed by atoms with Gasteiger partial charge in [0.1, 0.15) is 12.1 Å². The van der Waals surface area contributed by atoms with E-state index in [0.717, 1.165) is 30.3 Å². The molecule has 0 radical (unpaired) electrons. The monoisotopic (exact) mass is 377 g/mol. The number of nitrogens with zero attached hydrogens (tertiary/aromatic N) is 3. The fourth-order valence-electron chi connectivity index (χ4n) is 2.49. The first-order valence-electron chi connectivity index (χ1n) is 8.56. The van der Waals surface area contributed by atoms with E-state index in [-0.39, 0.29) is 6.03 Å². The molecule has 0 atom stereocenters. The molecule has 0 saturated carbocycles. The van der Waals surface area contributed by atoms with Crippen LogP contribution in [0.3, 0.4) is 0 Å². The molecule has 26 heavy (non-hydrogen) atoms. The average molecular weight is 377 g/mol. The van der Waals surface area contributed by atoms with E-state index < -0.39 is 0 Å². The number of nitrogens with one attached hydrogen (secondary N) is 2. The van der Waals surface area contributed by atoms with Gasteiger partial charge >= 0.3 is 6.03 Å². The Morgan fingerprint density at radius 2 is 2.15 bits per heavy atom. The molecule has 1 aromatic carbocycles. The molecule has 2 N–H and O–H groups in total. The Labute approximate surface area is 156 Å². The van der Waals surface area contributed by atoms with Gasteiger partial charge in [-0.05, 0) is 18.1 Å². The van der Waals surface area contributed by atoms with Gasteiger partial charge in [-0.15, -0.1) is 0 Å². The summed E-state index contributed by atoms with van der Waals surface area (Å²) in [7, 11) is 0. The Kier molecular flexibility index (Phi) is 6.24. The minimum absolute atomic E-state index is 0.379. The van der Waals surface area contributed by atoms with E-state index in [0.29, 0.717) is 42.3 Å². The Morgan fingerprint density at radius 1 is 1.35 bits per heavy atom. The van der Waals surface area contributed by atoms with E-state index >= 15 is 0 Å². The Morgan fingerprint density at radius 3 is 2.85 bits per heavy atom. The van der Waals surface area contributed by atoms with Crippen molar-refractivity contribution in [3.8, 4) is 5.75 Å². The molecule has 0 aliphatic carbocycles. The molecule has 1 aliphatic rings. The lowest BCUT2D eigenvalue weighted by atomic mass is 10.2. The van der Waals surface area contributed by atoms with Gasteiger partial charge in [0.25, 0.3) is 0 Å². The summed E-state index contributed by atoms with van der Waals surface area (Å²) in [6.07, 6.45) is 1.40. The highest BCUT2D eigenvalue weighted by atomic mass is 32.1. The predicted octanol–water partition coefficient (Wildman–Crippen LogP) is 3.05. The van der Waals surface area contributed by atoms with Crippen LogP contribution >= 0.6 is 11.5 Å². The number of morpholine rings is 1. The molecule has 1 aliphatic heterocycles. The van der Waals surface area contributed by atoms with Crippen molar-refractivity contribution in [2.75, 3.05) is 48.4 Å². The molecule has 0 bridgehead atoms. The van der Waals surface area contributed by atoms with Crippen LogP contribution in [0.4, 0.5) is 21.3 Å². The summed E-state index contributed by atoms with van der Waals surface area (Å²) in [6.45, 7) is 7.85. The largest absolute Gasteiger partial charge is 0.491 e. The number of urea groups is 1. The molecule has 2 aromatic rings. The van der Waals surface area contributed by atoms with Crippen molar-refractivity contribution in [3.05, 3.63) is 24.5 Å². The van der Waals surface area contributed by atoms with Gasteiger partial charge in [-0.3, -0.25) is 5.32 Å². The summed E-state index contributed by atoms with van der Waals surface area (Å²) in [5, 5.41) is 5.92. The van der Waals surface area contributed by atoms with Crippen LogP contribution in [-0.4, -0.2) is 48.3 Å². The Hall–Kier alpha value is -2.39. The van der Waals surface area contributed by atoms with Crippen LogP contribution in [0.15, 0.2) is 24.5 Å². The number of carbonyl (C=O) groups excluding carboxylic acids is 1. The molecule has 140 valence electrons. The molecule has 8 nitrogen and oxygen atoms in total. The number of aromatic nitrogens is 2. The number of benzene rings is 1. The molecule has 1 saturated heterocycles. The van der Waals surface area contributed by atoms with Crippen LogP contribution in [0, 0.1) is 5.92 Å². The number of anilines is 3. The average Bonchev–Trinajstić information content (AvgIpc) is 3.14. The van der Waals surface area contributed by atoms with Crippen molar-refractivity contribution in [3.63, 3.8) is 0 Å². The van der Waals surface area contributed by atoms with Crippen LogP contribution < -0.4 is 20.3 Å². The number of amides is 2. The second kappa shape index (κ2) is 8.81. The predicted molar refractivity (Wildman–Crippen MR) is 102 cm³/mol. The number of rotatable bonds is 6. The first-order valence-corrected chi connectivity index (χ1v) is 9.33. The topological polar surface area (TPSA) is 88.6 Å². The molecular formula is C17H23N5O3S. The number of carbonyl (C=O) groups is 1. The van der Waals surface area contributed by atoms with Crippen molar-refractivity contribution in [2.45, 2.75) is 13.8 Å².